The van der Waals surface area contributed by atoms with Crippen LogP contribution >= 0.6 is 0 Å². The van der Waals surface area contributed by atoms with Crippen LogP contribution in [0, 0.1) is 18.3 Å². The zero-order valence-corrected chi connectivity index (χ0v) is 18.7. The molecule has 0 fully saturated rings. The van der Waals surface area contributed by atoms with Crippen LogP contribution in [0.25, 0.3) is 33.4 Å². The molecule has 5 nitrogen and oxygen atoms in total. The number of rotatable bonds is 3. The normalized spacial score (nSPS) is 12.5. The molecule has 0 bridgehead atoms. The minimum absolute atomic E-state index is 0.652. The number of pyridine rings is 1. The first kappa shape index (κ1) is 20.1. The zero-order chi connectivity index (χ0) is 23.1. The van der Waals surface area contributed by atoms with E-state index in [0.29, 0.717) is 11.4 Å². The quantitative estimate of drug-likeness (QED) is 0.333. The highest BCUT2D eigenvalue weighted by Crippen LogP contribution is 2.39. The van der Waals surface area contributed by atoms with Crippen molar-refractivity contribution in [3.63, 3.8) is 0 Å². The minimum atomic E-state index is 0.652. The van der Waals surface area contributed by atoms with Gasteiger partial charge in [0.25, 0.3) is 0 Å². The standard InChI is InChI=1S/C29H21N5/c1-19-4-11-27-23(15-19)12-14-34(27)29-25-16-22(21-7-5-20(17-30)6-8-21)9-10-26(25)32-28(33-29)24-3-2-13-31-18-24/h2-11,13,15-16,18H,12,14H2,1H3. The molecule has 6 rings (SSSR count). The lowest BCUT2D eigenvalue weighted by Gasteiger charge is -2.21. The number of nitrogens with zero attached hydrogens (tertiary/aromatic N) is 5. The van der Waals surface area contributed by atoms with E-state index >= 15 is 0 Å². The van der Waals surface area contributed by atoms with E-state index in [9.17, 15) is 0 Å². The van der Waals surface area contributed by atoms with Gasteiger partial charge in [-0.2, -0.15) is 5.26 Å². The molecule has 0 aliphatic carbocycles. The molecule has 0 atom stereocenters. The predicted molar refractivity (Wildman–Crippen MR) is 135 cm³/mol. The summed E-state index contributed by atoms with van der Waals surface area (Å²) in [5.74, 6) is 1.57. The third kappa shape index (κ3) is 3.46. The molecule has 0 radical (unpaired) electrons. The minimum Gasteiger partial charge on any atom is -0.325 e. The maximum absolute atomic E-state index is 9.14. The number of aromatic nitrogens is 3. The maximum atomic E-state index is 9.14. The molecule has 3 aromatic carbocycles. The fraction of sp³-hybridized carbons (Fsp3) is 0.103. The molecular formula is C29H21N5. The van der Waals surface area contributed by atoms with Gasteiger partial charge in [0.2, 0.25) is 0 Å². The molecule has 0 saturated heterocycles. The number of benzene rings is 3. The number of hydrogen-bond acceptors (Lipinski definition) is 5. The van der Waals surface area contributed by atoms with Crippen LogP contribution < -0.4 is 4.90 Å². The van der Waals surface area contributed by atoms with E-state index < -0.39 is 0 Å². The number of aryl methyl sites for hydroxylation is 1. The average Bonchev–Trinajstić information content (AvgIpc) is 3.31. The van der Waals surface area contributed by atoms with Crippen LogP contribution in [0.2, 0.25) is 0 Å². The lowest BCUT2D eigenvalue weighted by Crippen LogP contribution is -2.16. The van der Waals surface area contributed by atoms with E-state index in [1.165, 1.54) is 16.8 Å². The van der Waals surface area contributed by atoms with Gasteiger partial charge in [-0.3, -0.25) is 4.98 Å². The van der Waals surface area contributed by atoms with Gasteiger partial charge in [-0.05, 0) is 72.5 Å². The van der Waals surface area contributed by atoms with Crippen molar-refractivity contribution in [3.8, 4) is 28.6 Å². The summed E-state index contributed by atoms with van der Waals surface area (Å²) in [5, 5.41) is 10.1. The number of hydrogen-bond donors (Lipinski definition) is 0. The summed E-state index contributed by atoms with van der Waals surface area (Å²) in [4.78, 5) is 16.5. The van der Waals surface area contributed by atoms with Crippen LogP contribution in [0.3, 0.4) is 0 Å². The molecule has 34 heavy (non-hydrogen) atoms. The highest BCUT2D eigenvalue weighted by atomic mass is 15.2. The number of nitriles is 1. The smallest absolute Gasteiger partial charge is 0.163 e. The SMILES string of the molecule is Cc1ccc2c(c1)CCN2c1nc(-c2cccnc2)nc2ccc(-c3ccc(C#N)cc3)cc12. The van der Waals surface area contributed by atoms with Crippen molar-refractivity contribution in [2.75, 3.05) is 11.4 Å². The topological polar surface area (TPSA) is 65.7 Å². The molecule has 5 aromatic rings. The highest BCUT2D eigenvalue weighted by Gasteiger charge is 2.24. The Kier molecular flexibility index (Phi) is 4.78. The van der Waals surface area contributed by atoms with E-state index in [1.54, 1.807) is 12.4 Å². The Morgan fingerprint density at radius 2 is 1.74 bits per heavy atom. The van der Waals surface area contributed by atoms with Gasteiger partial charge in [0.1, 0.15) is 5.82 Å². The summed E-state index contributed by atoms with van der Waals surface area (Å²) >= 11 is 0. The average molecular weight is 440 g/mol. The van der Waals surface area contributed by atoms with Crippen molar-refractivity contribution in [3.05, 3.63) is 102 Å². The molecule has 162 valence electrons. The second kappa shape index (κ2) is 8.09. The van der Waals surface area contributed by atoms with E-state index in [2.05, 4.69) is 59.3 Å². The van der Waals surface area contributed by atoms with Gasteiger partial charge >= 0.3 is 0 Å². The summed E-state index contributed by atoms with van der Waals surface area (Å²) in [5.41, 5.74) is 8.38. The Labute approximate surface area is 198 Å². The first-order valence-corrected chi connectivity index (χ1v) is 11.3. The molecule has 1 aliphatic heterocycles. The first-order chi connectivity index (χ1) is 16.7. The highest BCUT2D eigenvalue weighted by molar-refractivity contribution is 5.96. The fourth-order valence-electron chi connectivity index (χ4n) is 4.61. The van der Waals surface area contributed by atoms with Crippen molar-refractivity contribution in [2.24, 2.45) is 0 Å². The molecule has 5 heteroatoms. The van der Waals surface area contributed by atoms with Crippen LogP contribution in [0.5, 0.6) is 0 Å². The van der Waals surface area contributed by atoms with Crippen LogP contribution in [0.15, 0.2) is 85.2 Å². The van der Waals surface area contributed by atoms with E-state index in [1.807, 2.05) is 36.4 Å². The Balaban J connectivity index is 1.56. The Morgan fingerprint density at radius 3 is 2.53 bits per heavy atom. The molecule has 3 heterocycles. The second-order valence-corrected chi connectivity index (χ2v) is 8.57. The van der Waals surface area contributed by atoms with Crippen molar-refractivity contribution in [1.29, 1.82) is 5.26 Å². The number of fused-ring (bicyclic) bond motifs is 2. The zero-order valence-electron chi connectivity index (χ0n) is 18.7. The van der Waals surface area contributed by atoms with E-state index in [-0.39, 0.29) is 0 Å². The molecule has 0 amide bonds. The van der Waals surface area contributed by atoms with Crippen molar-refractivity contribution in [2.45, 2.75) is 13.3 Å². The molecule has 0 saturated carbocycles. The number of anilines is 2. The van der Waals surface area contributed by atoms with Gasteiger partial charge in [0.05, 0.1) is 17.1 Å². The van der Waals surface area contributed by atoms with E-state index in [4.69, 9.17) is 15.2 Å². The van der Waals surface area contributed by atoms with Gasteiger partial charge < -0.3 is 4.90 Å². The Bertz CT molecular complexity index is 1570. The van der Waals surface area contributed by atoms with Gasteiger partial charge in [-0.25, -0.2) is 9.97 Å². The van der Waals surface area contributed by atoms with Crippen LogP contribution in [0.4, 0.5) is 11.5 Å². The largest absolute Gasteiger partial charge is 0.325 e. The third-order valence-electron chi connectivity index (χ3n) is 6.33. The third-order valence-corrected chi connectivity index (χ3v) is 6.33. The van der Waals surface area contributed by atoms with Gasteiger partial charge in [-0.15, -0.1) is 0 Å². The van der Waals surface area contributed by atoms with Gasteiger partial charge in [0, 0.05) is 35.6 Å². The Morgan fingerprint density at radius 1 is 0.882 bits per heavy atom. The molecule has 0 unspecified atom stereocenters. The van der Waals surface area contributed by atoms with Crippen LogP contribution in [-0.4, -0.2) is 21.5 Å². The second-order valence-electron chi connectivity index (χ2n) is 8.57. The predicted octanol–water partition coefficient (Wildman–Crippen LogP) is 6.23. The molecular weight excluding hydrogens is 418 g/mol. The van der Waals surface area contributed by atoms with Crippen molar-refractivity contribution < 1.29 is 0 Å². The van der Waals surface area contributed by atoms with Crippen LogP contribution in [-0.2, 0) is 6.42 Å². The van der Waals surface area contributed by atoms with Crippen molar-refractivity contribution in [1.82, 2.24) is 15.0 Å². The van der Waals surface area contributed by atoms with Crippen LogP contribution in [0.1, 0.15) is 16.7 Å². The fourth-order valence-corrected chi connectivity index (χ4v) is 4.61. The van der Waals surface area contributed by atoms with Gasteiger partial charge in [0.15, 0.2) is 5.82 Å². The summed E-state index contributed by atoms with van der Waals surface area (Å²) in [6, 6.07) is 26.7. The summed E-state index contributed by atoms with van der Waals surface area (Å²) in [7, 11) is 0. The monoisotopic (exact) mass is 439 g/mol. The Hall–Kier alpha value is -4.56. The summed E-state index contributed by atoms with van der Waals surface area (Å²) in [6.45, 7) is 3.01. The summed E-state index contributed by atoms with van der Waals surface area (Å²) < 4.78 is 0. The molecule has 0 spiro atoms. The maximum Gasteiger partial charge on any atom is 0.163 e. The lowest BCUT2D eigenvalue weighted by molar-refractivity contribution is 0.976. The van der Waals surface area contributed by atoms with Gasteiger partial charge in [-0.1, -0.05) is 35.9 Å². The molecule has 2 aromatic heterocycles. The molecule has 1 aliphatic rings. The van der Waals surface area contributed by atoms with E-state index in [0.717, 1.165) is 46.4 Å². The first-order valence-electron chi connectivity index (χ1n) is 11.3. The van der Waals surface area contributed by atoms with Crippen molar-refractivity contribution >= 4 is 22.4 Å². The summed E-state index contributed by atoms with van der Waals surface area (Å²) in [6.07, 6.45) is 4.55. The molecule has 0 N–H and O–H groups in total. The lowest BCUT2D eigenvalue weighted by atomic mass is 10.0.